The van der Waals surface area contributed by atoms with E-state index in [2.05, 4.69) is 10.2 Å². The topological polar surface area (TPSA) is 91.3 Å². The Balaban J connectivity index is 1.83. The lowest BCUT2D eigenvalue weighted by molar-refractivity contribution is -0.152. The van der Waals surface area contributed by atoms with Gasteiger partial charge in [-0.05, 0) is 38.8 Å². The monoisotopic (exact) mass is 371 g/mol. The second kappa shape index (κ2) is 8.20. The van der Waals surface area contributed by atoms with Crippen molar-refractivity contribution < 1.29 is 9.59 Å². The molecule has 0 radical (unpaired) electrons. The van der Waals surface area contributed by atoms with Crippen LogP contribution in [0.1, 0.15) is 38.4 Å². The summed E-state index contributed by atoms with van der Waals surface area (Å²) in [4.78, 5) is 40.4. The fourth-order valence-electron chi connectivity index (χ4n) is 3.56. The Hall–Kier alpha value is -2.90. The zero-order chi connectivity index (χ0) is 19.4. The van der Waals surface area contributed by atoms with E-state index in [-0.39, 0.29) is 11.6 Å². The lowest BCUT2D eigenvalue weighted by atomic mass is 9.96. The molecule has 1 unspecified atom stereocenters. The largest absolute Gasteiger partial charge is 0.347 e. The van der Waals surface area contributed by atoms with Gasteiger partial charge in [0.05, 0.1) is 5.69 Å². The molecule has 1 N–H and O–H groups in total. The number of H-pyrrole nitrogens is 1. The molecule has 1 aromatic carbocycles. The first-order chi connectivity index (χ1) is 13.1. The van der Waals surface area contributed by atoms with E-state index in [1.54, 1.807) is 9.47 Å². The summed E-state index contributed by atoms with van der Waals surface area (Å²) in [6.07, 6.45) is 1.57. The molecule has 8 heteroatoms. The third-order valence-corrected chi connectivity index (χ3v) is 5.02. The number of amides is 2. The minimum absolute atomic E-state index is 0.105. The zero-order valence-electron chi connectivity index (χ0n) is 15.7. The van der Waals surface area contributed by atoms with Gasteiger partial charge in [0, 0.05) is 32.1 Å². The van der Waals surface area contributed by atoms with Crippen molar-refractivity contribution >= 4 is 11.8 Å². The Kier molecular flexibility index (Phi) is 5.73. The number of aromatic nitrogens is 3. The number of aromatic amines is 1. The molecule has 0 bridgehead atoms. The van der Waals surface area contributed by atoms with Crippen LogP contribution >= 0.6 is 0 Å². The summed E-state index contributed by atoms with van der Waals surface area (Å²) in [7, 11) is 0. The van der Waals surface area contributed by atoms with Gasteiger partial charge >= 0.3 is 17.5 Å². The molecule has 1 fully saturated rings. The number of carbonyl (C=O) groups excluding carboxylic acids is 2. The van der Waals surface area contributed by atoms with Crippen LogP contribution in [0.5, 0.6) is 0 Å². The molecule has 1 saturated heterocycles. The van der Waals surface area contributed by atoms with Crippen LogP contribution < -0.4 is 5.69 Å². The van der Waals surface area contributed by atoms with Crippen molar-refractivity contribution in [1.29, 1.82) is 0 Å². The molecule has 27 heavy (non-hydrogen) atoms. The van der Waals surface area contributed by atoms with Gasteiger partial charge in [-0.3, -0.25) is 9.59 Å². The molecule has 0 aliphatic carbocycles. The molecule has 144 valence electrons. The molecule has 2 amide bonds. The Labute approximate surface area is 157 Å². The second-order valence-corrected chi connectivity index (χ2v) is 6.63. The van der Waals surface area contributed by atoms with Crippen molar-refractivity contribution in [3.63, 3.8) is 0 Å². The Bertz CT molecular complexity index is 854. The van der Waals surface area contributed by atoms with E-state index >= 15 is 0 Å². The van der Waals surface area contributed by atoms with E-state index in [1.807, 2.05) is 44.2 Å². The van der Waals surface area contributed by atoms with Gasteiger partial charge in [-0.15, -0.1) is 0 Å². The standard InChI is InChI=1S/C19H25N5O3/c1-3-22(4-2)17(25)18(26)23-12-8-9-14(13-23)16-20-21-19(27)24(16)15-10-6-5-7-11-15/h5-7,10-11,14H,3-4,8-9,12-13H2,1-2H3,(H,21,27). The number of likely N-dealkylation sites (tertiary alicyclic amines) is 1. The summed E-state index contributed by atoms with van der Waals surface area (Å²) in [5.74, 6) is -0.457. The predicted molar refractivity (Wildman–Crippen MR) is 101 cm³/mol. The van der Waals surface area contributed by atoms with Crippen LogP contribution in [-0.2, 0) is 9.59 Å². The summed E-state index contributed by atoms with van der Waals surface area (Å²) < 4.78 is 1.55. The van der Waals surface area contributed by atoms with E-state index < -0.39 is 11.8 Å². The number of para-hydroxylation sites is 1. The van der Waals surface area contributed by atoms with Crippen molar-refractivity contribution in [3.05, 3.63) is 46.6 Å². The highest BCUT2D eigenvalue weighted by Crippen LogP contribution is 2.26. The van der Waals surface area contributed by atoms with Crippen LogP contribution in [0, 0.1) is 0 Å². The maximum Gasteiger partial charge on any atom is 0.347 e. The Morgan fingerprint density at radius 1 is 1.22 bits per heavy atom. The lowest BCUT2D eigenvalue weighted by Crippen LogP contribution is -2.48. The zero-order valence-corrected chi connectivity index (χ0v) is 15.7. The van der Waals surface area contributed by atoms with Gasteiger partial charge in [0.1, 0.15) is 5.82 Å². The summed E-state index contributed by atoms with van der Waals surface area (Å²) in [6.45, 7) is 5.65. The molecule has 8 nitrogen and oxygen atoms in total. The maximum absolute atomic E-state index is 12.6. The highest BCUT2D eigenvalue weighted by Gasteiger charge is 2.32. The highest BCUT2D eigenvalue weighted by molar-refractivity contribution is 6.34. The van der Waals surface area contributed by atoms with Crippen LogP contribution in [0.2, 0.25) is 0 Å². The van der Waals surface area contributed by atoms with Gasteiger partial charge in [0.15, 0.2) is 0 Å². The van der Waals surface area contributed by atoms with Gasteiger partial charge in [-0.2, -0.15) is 5.10 Å². The first kappa shape index (κ1) is 18.9. The molecule has 1 atom stereocenters. The fourth-order valence-corrected chi connectivity index (χ4v) is 3.56. The number of nitrogens with zero attached hydrogens (tertiary/aromatic N) is 4. The first-order valence-electron chi connectivity index (χ1n) is 9.37. The molecule has 1 aliphatic heterocycles. The molecule has 1 aromatic heterocycles. The number of rotatable bonds is 4. The number of piperidine rings is 1. The summed E-state index contributed by atoms with van der Waals surface area (Å²) in [5.41, 5.74) is 0.424. The first-order valence-corrected chi connectivity index (χ1v) is 9.37. The summed E-state index contributed by atoms with van der Waals surface area (Å²) >= 11 is 0. The van der Waals surface area contributed by atoms with Crippen LogP contribution in [0.15, 0.2) is 35.1 Å². The van der Waals surface area contributed by atoms with E-state index in [0.717, 1.165) is 18.5 Å². The minimum Gasteiger partial charge on any atom is -0.335 e. The molecule has 0 spiro atoms. The van der Waals surface area contributed by atoms with E-state index in [9.17, 15) is 14.4 Å². The van der Waals surface area contributed by atoms with Crippen molar-refractivity contribution in [3.8, 4) is 5.69 Å². The van der Waals surface area contributed by atoms with Crippen molar-refractivity contribution in [2.24, 2.45) is 0 Å². The fraction of sp³-hybridized carbons (Fsp3) is 0.474. The normalized spacial score (nSPS) is 17.0. The lowest BCUT2D eigenvalue weighted by Gasteiger charge is -2.33. The average molecular weight is 371 g/mol. The van der Waals surface area contributed by atoms with Gasteiger partial charge in [-0.1, -0.05) is 18.2 Å². The molecular formula is C19H25N5O3. The van der Waals surface area contributed by atoms with Crippen LogP contribution in [0.4, 0.5) is 0 Å². The highest BCUT2D eigenvalue weighted by atomic mass is 16.2. The summed E-state index contributed by atoms with van der Waals surface area (Å²) in [5, 5.41) is 6.73. The number of carbonyl (C=O) groups is 2. The van der Waals surface area contributed by atoms with Crippen molar-refractivity contribution in [1.82, 2.24) is 24.6 Å². The quantitative estimate of drug-likeness (QED) is 0.816. The summed E-state index contributed by atoms with van der Waals surface area (Å²) in [6, 6.07) is 9.29. The number of benzene rings is 1. The van der Waals surface area contributed by atoms with Gasteiger partial charge < -0.3 is 9.80 Å². The predicted octanol–water partition coefficient (Wildman–Crippen LogP) is 1.13. The minimum atomic E-state index is -0.479. The molecular weight excluding hydrogens is 346 g/mol. The smallest absolute Gasteiger partial charge is 0.335 e. The maximum atomic E-state index is 12.6. The molecule has 2 aromatic rings. The molecule has 3 rings (SSSR count). The van der Waals surface area contributed by atoms with Crippen molar-refractivity contribution in [2.75, 3.05) is 26.2 Å². The molecule has 1 aliphatic rings. The van der Waals surface area contributed by atoms with Crippen LogP contribution in [-0.4, -0.2) is 62.6 Å². The number of likely N-dealkylation sites (N-methyl/N-ethyl adjacent to an activating group) is 1. The Morgan fingerprint density at radius 3 is 2.59 bits per heavy atom. The molecule has 2 heterocycles. The van der Waals surface area contributed by atoms with E-state index in [1.165, 1.54) is 4.90 Å². The van der Waals surface area contributed by atoms with Gasteiger partial charge in [0.2, 0.25) is 0 Å². The number of hydrogen-bond donors (Lipinski definition) is 1. The third-order valence-electron chi connectivity index (χ3n) is 5.02. The van der Waals surface area contributed by atoms with Crippen LogP contribution in [0.25, 0.3) is 5.69 Å². The number of nitrogens with one attached hydrogen (secondary N) is 1. The Morgan fingerprint density at radius 2 is 1.93 bits per heavy atom. The third kappa shape index (κ3) is 3.79. The molecule has 0 saturated carbocycles. The SMILES string of the molecule is CCN(CC)C(=O)C(=O)N1CCCC(c2n[nH]c(=O)n2-c2ccccc2)C1. The van der Waals surface area contributed by atoms with Crippen LogP contribution in [0.3, 0.4) is 0 Å². The van der Waals surface area contributed by atoms with Gasteiger partial charge in [0.25, 0.3) is 0 Å². The van der Waals surface area contributed by atoms with E-state index in [4.69, 9.17) is 0 Å². The van der Waals surface area contributed by atoms with Crippen molar-refractivity contribution in [2.45, 2.75) is 32.6 Å². The second-order valence-electron chi connectivity index (χ2n) is 6.63. The van der Waals surface area contributed by atoms with Gasteiger partial charge in [-0.25, -0.2) is 14.5 Å². The average Bonchev–Trinajstić information content (AvgIpc) is 3.10. The number of hydrogen-bond acceptors (Lipinski definition) is 4. The van der Waals surface area contributed by atoms with E-state index in [0.29, 0.717) is 32.0 Å².